The van der Waals surface area contributed by atoms with E-state index in [0.29, 0.717) is 22.5 Å². The van der Waals surface area contributed by atoms with Crippen LogP contribution in [0, 0.1) is 5.92 Å². The van der Waals surface area contributed by atoms with Gasteiger partial charge < -0.3 is 15.3 Å². The van der Waals surface area contributed by atoms with Gasteiger partial charge in [-0.1, -0.05) is 30.2 Å². The average molecular weight is 337 g/mol. The van der Waals surface area contributed by atoms with Crippen LogP contribution in [0.4, 0.5) is 0 Å². The number of aliphatic hydroxyl groups is 1. The molecule has 0 aromatic heterocycles. The largest absolute Gasteiger partial charge is 0.393 e. The van der Waals surface area contributed by atoms with E-state index >= 15 is 0 Å². The van der Waals surface area contributed by atoms with Crippen LogP contribution in [0.25, 0.3) is 0 Å². The molecule has 1 aliphatic carbocycles. The number of amides is 1. The molecule has 2 aliphatic rings. The summed E-state index contributed by atoms with van der Waals surface area (Å²) in [4.78, 5) is 14.4. The Hall–Kier alpha value is -1.10. The Morgan fingerprint density at radius 1 is 1.22 bits per heavy atom. The number of hydrogen-bond donors (Lipinski definition) is 2. The van der Waals surface area contributed by atoms with Gasteiger partial charge in [-0.25, -0.2) is 0 Å². The van der Waals surface area contributed by atoms with Gasteiger partial charge in [-0.05, 0) is 43.7 Å². The maximum absolute atomic E-state index is 12.5. The van der Waals surface area contributed by atoms with Crippen molar-refractivity contribution in [2.24, 2.45) is 5.92 Å². The first-order valence-electron chi connectivity index (χ1n) is 8.60. The molecule has 1 saturated heterocycles. The van der Waals surface area contributed by atoms with Crippen molar-refractivity contribution in [1.29, 1.82) is 0 Å². The number of nitrogens with one attached hydrogen (secondary N) is 1. The zero-order chi connectivity index (χ0) is 16.2. The third-order valence-electron chi connectivity index (χ3n) is 5.17. The lowest BCUT2D eigenvalue weighted by molar-refractivity contribution is 0.0700. The number of piperidine rings is 1. The number of halogens is 1. The normalized spacial score (nSPS) is 25.7. The minimum absolute atomic E-state index is 0.0280. The molecule has 2 fully saturated rings. The highest BCUT2D eigenvalue weighted by molar-refractivity contribution is 6.33. The molecule has 2 atom stereocenters. The van der Waals surface area contributed by atoms with Crippen LogP contribution in [-0.4, -0.2) is 47.7 Å². The van der Waals surface area contributed by atoms with Gasteiger partial charge in [-0.15, -0.1) is 0 Å². The molecule has 1 aromatic rings. The van der Waals surface area contributed by atoms with Crippen LogP contribution in [0.1, 0.15) is 42.5 Å². The average Bonchev–Trinajstić information content (AvgIpc) is 2.98. The number of hydrogen-bond acceptors (Lipinski definition) is 3. The molecule has 0 bridgehead atoms. The van der Waals surface area contributed by atoms with Crippen LogP contribution in [0.3, 0.4) is 0 Å². The first-order valence-corrected chi connectivity index (χ1v) is 8.98. The van der Waals surface area contributed by atoms with Crippen molar-refractivity contribution in [2.75, 3.05) is 19.6 Å². The zero-order valence-electron chi connectivity index (χ0n) is 13.4. The summed E-state index contributed by atoms with van der Waals surface area (Å²) in [5.74, 6) is 0.429. The van der Waals surface area contributed by atoms with E-state index in [0.717, 1.165) is 51.7 Å². The number of nitrogens with zero attached hydrogens (tertiary/aromatic N) is 1. The summed E-state index contributed by atoms with van der Waals surface area (Å²) in [6.45, 7) is 2.41. The van der Waals surface area contributed by atoms with Crippen LogP contribution in [0.2, 0.25) is 5.02 Å². The van der Waals surface area contributed by atoms with Crippen LogP contribution >= 0.6 is 11.6 Å². The number of carbonyl (C=O) groups excluding carboxylic acids is 1. The van der Waals surface area contributed by atoms with E-state index in [1.165, 1.54) is 0 Å². The van der Waals surface area contributed by atoms with Gasteiger partial charge in [0, 0.05) is 25.7 Å². The van der Waals surface area contributed by atoms with Crippen LogP contribution in [-0.2, 0) is 0 Å². The molecule has 2 N–H and O–H groups in total. The SMILES string of the molecule is O=C(c1ccccc1Cl)N1CCC(NCC2CCCC2O)CC1. The number of likely N-dealkylation sites (tertiary alicyclic amines) is 1. The van der Waals surface area contributed by atoms with Crippen LogP contribution in [0.5, 0.6) is 0 Å². The molecule has 1 amide bonds. The highest BCUT2D eigenvalue weighted by Crippen LogP contribution is 2.25. The van der Waals surface area contributed by atoms with Gasteiger partial charge in [0.2, 0.25) is 0 Å². The Bertz CT molecular complexity index is 544. The van der Waals surface area contributed by atoms with Crippen LogP contribution in [0.15, 0.2) is 24.3 Å². The molecule has 126 valence electrons. The van der Waals surface area contributed by atoms with Gasteiger partial charge >= 0.3 is 0 Å². The summed E-state index contributed by atoms with van der Waals surface area (Å²) < 4.78 is 0. The van der Waals surface area contributed by atoms with Gasteiger partial charge in [0.05, 0.1) is 16.7 Å². The number of benzene rings is 1. The van der Waals surface area contributed by atoms with Gasteiger partial charge in [-0.2, -0.15) is 0 Å². The molecule has 4 nitrogen and oxygen atoms in total. The monoisotopic (exact) mass is 336 g/mol. The summed E-state index contributed by atoms with van der Waals surface area (Å²) in [5, 5.41) is 14.0. The molecule has 1 saturated carbocycles. The predicted molar refractivity (Wildman–Crippen MR) is 91.7 cm³/mol. The highest BCUT2D eigenvalue weighted by atomic mass is 35.5. The fraction of sp³-hybridized carbons (Fsp3) is 0.611. The fourth-order valence-electron chi connectivity index (χ4n) is 3.67. The van der Waals surface area contributed by atoms with E-state index in [-0.39, 0.29) is 12.0 Å². The summed E-state index contributed by atoms with van der Waals surface area (Å²) in [6, 6.07) is 7.68. The highest BCUT2D eigenvalue weighted by Gasteiger charge is 2.28. The third-order valence-corrected chi connectivity index (χ3v) is 5.50. The second-order valence-electron chi connectivity index (χ2n) is 6.71. The fourth-order valence-corrected chi connectivity index (χ4v) is 3.88. The molecule has 5 heteroatoms. The molecule has 1 aromatic carbocycles. The summed E-state index contributed by atoms with van der Waals surface area (Å²) in [6.07, 6.45) is 4.98. The summed E-state index contributed by atoms with van der Waals surface area (Å²) in [7, 11) is 0. The molecule has 0 radical (unpaired) electrons. The maximum Gasteiger partial charge on any atom is 0.255 e. The number of rotatable bonds is 4. The lowest BCUT2D eigenvalue weighted by atomic mass is 10.0. The minimum atomic E-state index is -0.135. The van der Waals surface area contributed by atoms with Gasteiger partial charge in [0.1, 0.15) is 0 Å². The second-order valence-corrected chi connectivity index (χ2v) is 7.12. The van der Waals surface area contributed by atoms with Crippen molar-refractivity contribution in [3.63, 3.8) is 0 Å². The van der Waals surface area contributed by atoms with Crippen molar-refractivity contribution in [2.45, 2.75) is 44.2 Å². The first kappa shape index (κ1) is 16.7. The van der Waals surface area contributed by atoms with E-state index in [1.807, 2.05) is 17.0 Å². The lowest BCUT2D eigenvalue weighted by Crippen LogP contribution is -2.46. The lowest BCUT2D eigenvalue weighted by Gasteiger charge is -2.33. The number of carbonyl (C=O) groups is 1. The standard InChI is InChI=1S/C18H25ClN2O2/c19-16-6-2-1-5-15(16)18(23)21-10-8-14(9-11-21)20-12-13-4-3-7-17(13)22/h1-2,5-6,13-14,17,20,22H,3-4,7-12H2. The van der Waals surface area contributed by atoms with E-state index in [1.54, 1.807) is 12.1 Å². The summed E-state index contributed by atoms with van der Waals surface area (Å²) >= 11 is 6.12. The smallest absolute Gasteiger partial charge is 0.255 e. The predicted octanol–water partition coefficient (Wildman–Crippen LogP) is 2.70. The molecule has 0 spiro atoms. The maximum atomic E-state index is 12.5. The molecule has 1 heterocycles. The summed E-state index contributed by atoms with van der Waals surface area (Å²) in [5.41, 5.74) is 0.592. The van der Waals surface area contributed by atoms with Gasteiger partial charge in [0.15, 0.2) is 0 Å². The van der Waals surface area contributed by atoms with E-state index in [4.69, 9.17) is 11.6 Å². The molecule has 2 unspecified atom stereocenters. The minimum Gasteiger partial charge on any atom is -0.393 e. The second kappa shape index (κ2) is 7.65. The van der Waals surface area contributed by atoms with Crippen molar-refractivity contribution >= 4 is 17.5 Å². The molecular formula is C18H25ClN2O2. The topological polar surface area (TPSA) is 52.6 Å². The molecule has 3 rings (SSSR count). The first-order chi connectivity index (χ1) is 11.1. The Morgan fingerprint density at radius 3 is 2.61 bits per heavy atom. The Balaban J connectivity index is 1.47. The molecular weight excluding hydrogens is 312 g/mol. The zero-order valence-corrected chi connectivity index (χ0v) is 14.1. The number of aliphatic hydroxyl groups excluding tert-OH is 1. The van der Waals surface area contributed by atoms with Crippen molar-refractivity contribution in [1.82, 2.24) is 10.2 Å². The van der Waals surface area contributed by atoms with Gasteiger partial charge in [-0.3, -0.25) is 4.79 Å². The molecule has 23 heavy (non-hydrogen) atoms. The van der Waals surface area contributed by atoms with Gasteiger partial charge in [0.25, 0.3) is 5.91 Å². The van der Waals surface area contributed by atoms with Crippen LogP contribution < -0.4 is 5.32 Å². The molecule has 1 aliphatic heterocycles. The Morgan fingerprint density at radius 2 is 1.96 bits per heavy atom. The Labute approximate surface area is 142 Å². The Kier molecular flexibility index (Phi) is 5.57. The van der Waals surface area contributed by atoms with Crippen molar-refractivity contribution in [3.8, 4) is 0 Å². The quantitative estimate of drug-likeness (QED) is 0.889. The van der Waals surface area contributed by atoms with Crippen molar-refractivity contribution < 1.29 is 9.90 Å². The van der Waals surface area contributed by atoms with E-state index in [9.17, 15) is 9.90 Å². The van der Waals surface area contributed by atoms with Crippen molar-refractivity contribution in [3.05, 3.63) is 34.9 Å². The van der Waals surface area contributed by atoms with E-state index in [2.05, 4.69) is 5.32 Å². The van der Waals surface area contributed by atoms with E-state index < -0.39 is 0 Å². The third kappa shape index (κ3) is 4.06.